The molecule has 1 aromatic rings. The SMILES string of the molecule is CC(C)c1cc(F)c(F)cc1C#N. The second-order valence-electron chi connectivity index (χ2n) is 3.12. The summed E-state index contributed by atoms with van der Waals surface area (Å²) >= 11 is 0. The number of rotatable bonds is 1. The molecule has 0 fully saturated rings. The zero-order valence-corrected chi connectivity index (χ0v) is 7.44. The van der Waals surface area contributed by atoms with E-state index in [1.807, 2.05) is 19.9 Å². The Morgan fingerprint density at radius 1 is 1.23 bits per heavy atom. The van der Waals surface area contributed by atoms with Crippen LogP contribution in [0.5, 0.6) is 0 Å². The van der Waals surface area contributed by atoms with Gasteiger partial charge >= 0.3 is 0 Å². The smallest absolute Gasteiger partial charge is 0.160 e. The molecular weight excluding hydrogens is 172 g/mol. The van der Waals surface area contributed by atoms with Crippen LogP contribution >= 0.6 is 0 Å². The number of hydrogen-bond donors (Lipinski definition) is 0. The van der Waals surface area contributed by atoms with Gasteiger partial charge in [-0.25, -0.2) is 8.78 Å². The van der Waals surface area contributed by atoms with Crippen LogP contribution in [0.1, 0.15) is 30.9 Å². The van der Waals surface area contributed by atoms with Gasteiger partial charge < -0.3 is 0 Å². The molecular formula is C10H9F2N. The Balaban J connectivity index is 3.35. The lowest BCUT2D eigenvalue weighted by Crippen LogP contribution is -1.96. The molecule has 1 nitrogen and oxygen atoms in total. The van der Waals surface area contributed by atoms with E-state index in [0.717, 1.165) is 12.1 Å². The molecule has 1 rings (SSSR count). The van der Waals surface area contributed by atoms with Crippen molar-refractivity contribution in [2.45, 2.75) is 19.8 Å². The van der Waals surface area contributed by atoms with E-state index in [2.05, 4.69) is 0 Å². The van der Waals surface area contributed by atoms with Crippen LogP contribution in [0.2, 0.25) is 0 Å². The lowest BCUT2D eigenvalue weighted by molar-refractivity contribution is 0.505. The van der Waals surface area contributed by atoms with Crippen LogP contribution in [-0.2, 0) is 0 Å². The van der Waals surface area contributed by atoms with Crippen LogP contribution in [0.3, 0.4) is 0 Å². The van der Waals surface area contributed by atoms with E-state index in [1.165, 1.54) is 0 Å². The minimum absolute atomic E-state index is 0.0183. The van der Waals surface area contributed by atoms with Crippen molar-refractivity contribution >= 4 is 0 Å². The molecule has 68 valence electrons. The van der Waals surface area contributed by atoms with E-state index < -0.39 is 11.6 Å². The quantitative estimate of drug-likeness (QED) is 0.653. The summed E-state index contributed by atoms with van der Waals surface area (Å²) in [5.41, 5.74) is 0.746. The highest BCUT2D eigenvalue weighted by molar-refractivity contribution is 5.40. The summed E-state index contributed by atoms with van der Waals surface area (Å²) in [5.74, 6) is -1.85. The average molecular weight is 181 g/mol. The van der Waals surface area contributed by atoms with Gasteiger partial charge in [-0.05, 0) is 23.6 Å². The predicted molar refractivity (Wildman–Crippen MR) is 45.2 cm³/mol. The van der Waals surface area contributed by atoms with Crippen molar-refractivity contribution in [2.75, 3.05) is 0 Å². The molecule has 13 heavy (non-hydrogen) atoms. The number of halogens is 2. The summed E-state index contributed by atoms with van der Waals surface area (Å²) in [6, 6.07) is 3.86. The number of benzene rings is 1. The first-order valence-electron chi connectivity index (χ1n) is 3.95. The third-order valence-corrected chi connectivity index (χ3v) is 1.83. The Morgan fingerprint density at radius 2 is 1.77 bits per heavy atom. The lowest BCUT2D eigenvalue weighted by Gasteiger charge is -2.07. The van der Waals surface area contributed by atoms with Gasteiger partial charge in [0.15, 0.2) is 11.6 Å². The van der Waals surface area contributed by atoms with Gasteiger partial charge in [0.2, 0.25) is 0 Å². The van der Waals surface area contributed by atoms with Gasteiger partial charge in [-0.3, -0.25) is 0 Å². The summed E-state index contributed by atoms with van der Waals surface area (Å²) in [4.78, 5) is 0. The molecule has 0 aliphatic rings. The summed E-state index contributed by atoms with van der Waals surface area (Å²) in [7, 11) is 0. The van der Waals surface area contributed by atoms with Gasteiger partial charge in [-0.2, -0.15) is 5.26 Å². The molecule has 0 bridgehead atoms. The van der Waals surface area contributed by atoms with Gasteiger partial charge in [-0.15, -0.1) is 0 Å². The van der Waals surface area contributed by atoms with E-state index in [-0.39, 0.29) is 11.5 Å². The highest BCUT2D eigenvalue weighted by Gasteiger charge is 2.11. The maximum Gasteiger partial charge on any atom is 0.160 e. The van der Waals surface area contributed by atoms with Crippen molar-refractivity contribution in [3.8, 4) is 6.07 Å². The summed E-state index contributed by atoms with van der Waals surface area (Å²) in [6.45, 7) is 3.65. The fourth-order valence-corrected chi connectivity index (χ4v) is 1.14. The van der Waals surface area contributed by atoms with E-state index in [9.17, 15) is 8.78 Å². The van der Waals surface area contributed by atoms with Crippen molar-refractivity contribution in [1.82, 2.24) is 0 Å². The second kappa shape index (κ2) is 3.53. The molecule has 0 amide bonds. The fraction of sp³-hybridized carbons (Fsp3) is 0.300. The Morgan fingerprint density at radius 3 is 2.23 bits per heavy atom. The van der Waals surface area contributed by atoms with Gasteiger partial charge in [0.25, 0.3) is 0 Å². The van der Waals surface area contributed by atoms with Crippen molar-refractivity contribution in [2.24, 2.45) is 0 Å². The van der Waals surface area contributed by atoms with Crippen LogP contribution in [0.4, 0.5) is 8.78 Å². The van der Waals surface area contributed by atoms with Crippen molar-refractivity contribution in [1.29, 1.82) is 5.26 Å². The first kappa shape index (κ1) is 9.66. The number of hydrogen-bond acceptors (Lipinski definition) is 1. The molecule has 0 aliphatic heterocycles. The molecule has 0 N–H and O–H groups in total. The summed E-state index contributed by atoms with van der Waals surface area (Å²) in [6.07, 6.45) is 0. The molecule has 0 radical (unpaired) electrons. The Bertz CT molecular complexity index is 364. The molecule has 1 aromatic carbocycles. The minimum Gasteiger partial charge on any atom is -0.204 e. The number of nitriles is 1. The molecule has 0 unspecified atom stereocenters. The molecule has 0 saturated carbocycles. The van der Waals surface area contributed by atoms with E-state index in [1.54, 1.807) is 0 Å². The fourth-order valence-electron chi connectivity index (χ4n) is 1.14. The molecule has 0 atom stereocenters. The van der Waals surface area contributed by atoms with Crippen molar-refractivity contribution in [3.05, 3.63) is 34.9 Å². The largest absolute Gasteiger partial charge is 0.204 e. The minimum atomic E-state index is -0.971. The Hall–Kier alpha value is -1.43. The number of nitrogens with zero attached hydrogens (tertiary/aromatic N) is 1. The highest BCUT2D eigenvalue weighted by Crippen LogP contribution is 2.21. The molecule has 0 heterocycles. The van der Waals surface area contributed by atoms with Gasteiger partial charge in [0, 0.05) is 0 Å². The average Bonchev–Trinajstić information content (AvgIpc) is 2.08. The second-order valence-corrected chi connectivity index (χ2v) is 3.12. The first-order chi connectivity index (χ1) is 6.06. The maximum atomic E-state index is 12.8. The highest BCUT2D eigenvalue weighted by atomic mass is 19.2. The van der Waals surface area contributed by atoms with Crippen molar-refractivity contribution in [3.63, 3.8) is 0 Å². The third kappa shape index (κ3) is 1.83. The van der Waals surface area contributed by atoms with Crippen molar-refractivity contribution < 1.29 is 8.78 Å². The summed E-state index contributed by atoms with van der Waals surface area (Å²) < 4.78 is 25.5. The van der Waals surface area contributed by atoms with E-state index in [4.69, 9.17) is 5.26 Å². The van der Waals surface area contributed by atoms with E-state index >= 15 is 0 Å². The third-order valence-electron chi connectivity index (χ3n) is 1.83. The summed E-state index contributed by atoms with van der Waals surface area (Å²) in [5, 5.41) is 8.64. The lowest BCUT2D eigenvalue weighted by atomic mass is 9.98. The van der Waals surface area contributed by atoms with Gasteiger partial charge in [0.05, 0.1) is 11.6 Å². The van der Waals surface area contributed by atoms with Crippen LogP contribution in [0.25, 0.3) is 0 Å². The zero-order valence-electron chi connectivity index (χ0n) is 7.44. The van der Waals surface area contributed by atoms with Gasteiger partial charge in [0.1, 0.15) is 0 Å². The molecule has 0 saturated heterocycles. The molecule has 3 heteroatoms. The first-order valence-corrected chi connectivity index (χ1v) is 3.95. The van der Waals surface area contributed by atoms with Gasteiger partial charge in [-0.1, -0.05) is 13.8 Å². The standard InChI is InChI=1S/C10H9F2N/c1-6(2)8-4-10(12)9(11)3-7(8)5-13/h3-4,6H,1-2H3. The van der Waals surface area contributed by atoms with E-state index in [0.29, 0.717) is 5.56 Å². The topological polar surface area (TPSA) is 23.8 Å². The predicted octanol–water partition coefficient (Wildman–Crippen LogP) is 2.96. The van der Waals surface area contributed by atoms with Crippen LogP contribution in [0, 0.1) is 23.0 Å². The zero-order chi connectivity index (χ0) is 10.0. The molecule has 0 spiro atoms. The molecule has 0 aliphatic carbocycles. The normalized spacial score (nSPS) is 10.2. The van der Waals surface area contributed by atoms with Crippen LogP contribution in [-0.4, -0.2) is 0 Å². The Kier molecular flexibility index (Phi) is 2.62. The van der Waals surface area contributed by atoms with Crippen LogP contribution < -0.4 is 0 Å². The monoisotopic (exact) mass is 181 g/mol. The molecule has 0 aromatic heterocycles. The van der Waals surface area contributed by atoms with Crippen LogP contribution in [0.15, 0.2) is 12.1 Å². The Labute approximate surface area is 75.6 Å². The maximum absolute atomic E-state index is 12.8.